The van der Waals surface area contributed by atoms with Crippen LogP contribution < -0.4 is 0 Å². The van der Waals surface area contributed by atoms with Gasteiger partial charge in [-0.15, -0.1) is 0 Å². The predicted octanol–water partition coefficient (Wildman–Crippen LogP) is 18.2. The zero-order chi connectivity index (χ0) is 46.3. The van der Waals surface area contributed by atoms with Crippen molar-refractivity contribution < 1.29 is 23.8 Å². The van der Waals surface area contributed by atoms with E-state index in [1.165, 1.54) is 103 Å². The average molecular weight is 889 g/mol. The molecule has 0 N–H and O–H groups in total. The van der Waals surface area contributed by atoms with E-state index in [-0.39, 0.29) is 25.2 Å². The molecular formula is C59H100O5. The van der Waals surface area contributed by atoms with Crippen molar-refractivity contribution in [3.8, 4) is 0 Å². The molecule has 0 spiro atoms. The summed E-state index contributed by atoms with van der Waals surface area (Å²) in [5, 5.41) is 0. The molecule has 0 aromatic rings. The summed E-state index contributed by atoms with van der Waals surface area (Å²) in [6.07, 6.45) is 72.8. The molecule has 0 fully saturated rings. The van der Waals surface area contributed by atoms with Crippen LogP contribution in [0.4, 0.5) is 0 Å². The molecule has 0 heterocycles. The van der Waals surface area contributed by atoms with Gasteiger partial charge in [-0.2, -0.15) is 0 Å². The number of hydrogen-bond acceptors (Lipinski definition) is 5. The molecule has 1 unspecified atom stereocenters. The Balaban J connectivity index is 4.31. The van der Waals surface area contributed by atoms with Gasteiger partial charge in [-0.05, 0) is 96.3 Å². The van der Waals surface area contributed by atoms with Gasteiger partial charge < -0.3 is 14.2 Å². The van der Waals surface area contributed by atoms with Crippen LogP contribution in [-0.4, -0.2) is 37.9 Å². The number of unbranched alkanes of at least 4 members (excludes halogenated alkanes) is 21. The maximum Gasteiger partial charge on any atom is 0.306 e. The van der Waals surface area contributed by atoms with E-state index in [1.54, 1.807) is 0 Å². The van der Waals surface area contributed by atoms with Gasteiger partial charge in [0, 0.05) is 19.4 Å². The van der Waals surface area contributed by atoms with Gasteiger partial charge in [-0.1, -0.05) is 227 Å². The minimum Gasteiger partial charge on any atom is -0.462 e. The maximum absolute atomic E-state index is 12.8. The van der Waals surface area contributed by atoms with Gasteiger partial charge in [0.25, 0.3) is 0 Å². The summed E-state index contributed by atoms with van der Waals surface area (Å²) in [4.78, 5) is 25.4. The number of esters is 2. The highest BCUT2D eigenvalue weighted by Gasteiger charge is 2.17. The first-order valence-corrected chi connectivity index (χ1v) is 26.8. The van der Waals surface area contributed by atoms with Crippen LogP contribution in [0.25, 0.3) is 0 Å². The number of carbonyl (C=O) groups is 2. The Kier molecular flexibility index (Phi) is 51.5. The molecule has 5 heteroatoms. The van der Waals surface area contributed by atoms with Crippen molar-refractivity contribution in [3.63, 3.8) is 0 Å². The Bertz CT molecular complexity index is 1230. The van der Waals surface area contributed by atoms with Crippen molar-refractivity contribution in [2.75, 3.05) is 19.8 Å². The van der Waals surface area contributed by atoms with Crippen LogP contribution in [-0.2, 0) is 23.8 Å². The Labute approximate surface area is 396 Å². The number of rotatable bonds is 48. The first-order chi connectivity index (χ1) is 31.6. The van der Waals surface area contributed by atoms with Crippen LogP contribution in [0.1, 0.15) is 239 Å². The minimum atomic E-state index is -0.557. The minimum absolute atomic E-state index is 0.0621. The Morgan fingerprint density at radius 3 is 1.14 bits per heavy atom. The molecule has 0 aromatic carbocycles. The molecule has 0 saturated heterocycles. The van der Waals surface area contributed by atoms with Crippen molar-refractivity contribution in [3.05, 3.63) is 97.2 Å². The molecule has 0 radical (unpaired) electrons. The number of allylic oxidation sites excluding steroid dienone is 16. The van der Waals surface area contributed by atoms with Crippen LogP contribution in [0.5, 0.6) is 0 Å². The quantitative estimate of drug-likeness (QED) is 0.0346. The molecule has 64 heavy (non-hydrogen) atoms. The van der Waals surface area contributed by atoms with Crippen molar-refractivity contribution in [1.82, 2.24) is 0 Å². The number of ether oxygens (including phenoxy) is 3. The predicted molar refractivity (Wildman–Crippen MR) is 279 cm³/mol. The molecular weight excluding hydrogens is 789 g/mol. The summed E-state index contributed by atoms with van der Waals surface area (Å²) in [6.45, 7) is 7.55. The van der Waals surface area contributed by atoms with Crippen molar-refractivity contribution in [2.24, 2.45) is 0 Å². The van der Waals surface area contributed by atoms with Gasteiger partial charge in [0.1, 0.15) is 6.61 Å². The van der Waals surface area contributed by atoms with E-state index in [0.29, 0.717) is 19.4 Å². The number of carbonyl (C=O) groups excluding carboxylic acids is 2. The molecule has 366 valence electrons. The average Bonchev–Trinajstić information content (AvgIpc) is 3.30. The maximum atomic E-state index is 12.8. The monoisotopic (exact) mass is 889 g/mol. The number of hydrogen-bond donors (Lipinski definition) is 0. The summed E-state index contributed by atoms with van der Waals surface area (Å²) in [6, 6.07) is 0. The fourth-order valence-electron chi connectivity index (χ4n) is 7.20. The zero-order valence-electron chi connectivity index (χ0n) is 42.0. The molecule has 5 nitrogen and oxygen atoms in total. The lowest BCUT2D eigenvalue weighted by molar-refractivity contribution is -0.163. The topological polar surface area (TPSA) is 61.8 Å². The summed E-state index contributed by atoms with van der Waals surface area (Å²) in [5.74, 6) is -0.438. The van der Waals surface area contributed by atoms with Crippen molar-refractivity contribution in [1.29, 1.82) is 0 Å². The fraction of sp³-hybridized carbons (Fsp3) is 0.695. The van der Waals surface area contributed by atoms with E-state index in [0.717, 1.165) is 103 Å². The lowest BCUT2D eigenvalue weighted by Crippen LogP contribution is -2.30. The Morgan fingerprint density at radius 2 is 0.703 bits per heavy atom. The van der Waals surface area contributed by atoms with Crippen molar-refractivity contribution in [2.45, 2.75) is 245 Å². The molecule has 0 aliphatic rings. The van der Waals surface area contributed by atoms with E-state index in [1.807, 2.05) is 0 Å². The Morgan fingerprint density at radius 1 is 0.359 bits per heavy atom. The van der Waals surface area contributed by atoms with E-state index >= 15 is 0 Å². The van der Waals surface area contributed by atoms with Crippen LogP contribution in [0.15, 0.2) is 97.2 Å². The second-order valence-electron chi connectivity index (χ2n) is 17.4. The van der Waals surface area contributed by atoms with E-state index < -0.39 is 6.10 Å². The van der Waals surface area contributed by atoms with E-state index in [2.05, 4.69) is 118 Å². The van der Waals surface area contributed by atoms with Crippen LogP contribution in [0, 0.1) is 0 Å². The zero-order valence-corrected chi connectivity index (χ0v) is 42.0. The lowest BCUT2D eigenvalue weighted by atomic mass is 10.1. The smallest absolute Gasteiger partial charge is 0.306 e. The molecule has 0 amide bonds. The first-order valence-electron chi connectivity index (χ1n) is 26.8. The third-order valence-corrected chi connectivity index (χ3v) is 11.1. The first kappa shape index (κ1) is 60.8. The largest absolute Gasteiger partial charge is 0.462 e. The second-order valence-corrected chi connectivity index (χ2v) is 17.4. The molecule has 0 bridgehead atoms. The molecule has 0 aliphatic heterocycles. The fourth-order valence-corrected chi connectivity index (χ4v) is 7.20. The van der Waals surface area contributed by atoms with Gasteiger partial charge in [-0.3, -0.25) is 9.59 Å². The highest BCUT2D eigenvalue weighted by atomic mass is 16.6. The van der Waals surface area contributed by atoms with Gasteiger partial charge >= 0.3 is 11.9 Å². The lowest BCUT2D eigenvalue weighted by Gasteiger charge is -2.18. The summed E-state index contributed by atoms with van der Waals surface area (Å²) >= 11 is 0. The van der Waals surface area contributed by atoms with Crippen LogP contribution in [0.3, 0.4) is 0 Å². The summed E-state index contributed by atoms with van der Waals surface area (Å²) < 4.78 is 17.4. The van der Waals surface area contributed by atoms with E-state index in [9.17, 15) is 9.59 Å². The SMILES string of the molecule is CC/C=C\C/C=C\C/C=C\C/C=C\C/C=C\CCCCCC(=O)OCC(COCCCCCCCCCC/C=C\C/C=C\C/C=C\CC)OC(=O)CCCCCCCCCCCCC. The highest BCUT2D eigenvalue weighted by molar-refractivity contribution is 5.70. The van der Waals surface area contributed by atoms with Gasteiger partial charge in [-0.25, -0.2) is 0 Å². The summed E-state index contributed by atoms with van der Waals surface area (Å²) in [5.41, 5.74) is 0. The van der Waals surface area contributed by atoms with Crippen LogP contribution >= 0.6 is 0 Å². The van der Waals surface area contributed by atoms with E-state index in [4.69, 9.17) is 14.2 Å². The molecule has 0 saturated carbocycles. The third-order valence-electron chi connectivity index (χ3n) is 11.1. The standard InChI is InChI=1S/C59H100O5/c1-4-7-10-13-16-19-22-24-26-28-30-31-33-35-38-40-43-46-49-52-58(60)63-56-57(64-59(61)53-50-47-44-41-37-21-18-15-12-9-6-3)55-62-54-51-48-45-42-39-36-34-32-29-27-25-23-20-17-14-11-8-5-2/h7-8,10-11,16-17,19-20,24-27,30-31,35,38,57H,4-6,9,12-15,18,21-23,28-29,32-34,36-37,39-56H2,1-3H3/b10-7-,11-8-,19-16-,20-17-,26-24-,27-25-,31-30-,38-35-. The normalized spacial score (nSPS) is 13.0. The summed E-state index contributed by atoms with van der Waals surface area (Å²) in [7, 11) is 0. The van der Waals surface area contributed by atoms with Crippen LogP contribution in [0.2, 0.25) is 0 Å². The molecule has 0 aromatic heterocycles. The molecule has 0 aliphatic carbocycles. The highest BCUT2D eigenvalue weighted by Crippen LogP contribution is 2.14. The van der Waals surface area contributed by atoms with Crippen molar-refractivity contribution >= 4 is 11.9 Å². The second kappa shape index (κ2) is 54.2. The van der Waals surface area contributed by atoms with Gasteiger partial charge in [0.2, 0.25) is 0 Å². The van der Waals surface area contributed by atoms with Gasteiger partial charge in [0.15, 0.2) is 6.10 Å². The van der Waals surface area contributed by atoms with Gasteiger partial charge in [0.05, 0.1) is 6.61 Å². The Hall–Kier alpha value is -3.18. The molecule has 1 atom stereocenters. The molecule has 0 rings (SSSR count). The third kappa shape index (κ3) is 51.5.